The van der Waals surface area contributed by atoms with E-state index in [0.717, 1.165) is 18.7 Å². The topological polar surface area (TPSA) is 94.9 Å². The van der Waals surface area contributed by atoms with E-state index in [1.54, 1.807) is 17.1 Å². The van der Waals surface area contributed by atoms with Gasteiger partial charge in [-0.15, -0.1) is 5.10 Å². The zero-order chi connectivity index (χ0) is 14.8. The van der Waals surface area contributed by atoms with Gasteiger partial charge in [-0.1, -0.05) is 5.21 Å². The van der Waals surface area contributed by atoms with Crippen LogP contribution in [-0.2, 0) is 20.1 Å². The second-order valence-electron chi connectivity index (χ2n) is 5.27. The summed E-state index contributed by atoms with van der Waals surface area (Å²) in [6.45, 7) is 1.52. The molecule has 8 nitrogen and oxygen atoms in total. The number of carbonyl (C=O) groups excluding carboxylic acids is 1. The molecule has 2 aromatic heterocycles. The summed E-state index contributed by atoms with van der Waals surface area (Å²) in [5, 5.41) is 7.88. The van der Waals surface area contributed by atoms with Crippen molar-refractivity contribution < 1.29 is 4.79 Å². The predicted octanol–water partition coefficient (Wildman–Crippen LogP) is -0.225. The Balaban J connectivity index is 1.76. The molecule has 1 amide bonds. The van der Waals surface area contributed by atoms with Crippen molar-refractivity contribution in [3.8, 4) is 0 Å². The number of nitrogens with zero attached hydrogens (tertiary/aromatic N) is 6. The van der Waals surface area contributed by atoms with E-state index in [1.807, 2.05) is 22.7 Å². The first-order valence-corrected chi connectivity index (χ1v) is 7.06. The van der Waals surface area contributed by atoms with E-state index in [4.69, 9.17) is 5.73 Å². The van der Waals surface area contributed by atoms with Crippen LogP contribution in [0.1, 0.15) is 29.2 Å². The normalized spacial score (nSPS) is 14.4. The maximum atomic E-state index is 12.6. The van der Waals surface area contributed by atoms with Gasteiger partial charge in [-0.2, -0.15) is 0 Å². The first-order valence-electron chi connectivity index (χ1n) is 7.06. The lowest BCUT2D eigenvalue weighted by atomic mass is 10.3. The third kappa shape index (κ3) is 2.94. The highest BCUT2D eigenvalue weighted by Crippen LogP contribution is 2.29. The molecule has 0 aromatic carbocycles. The summed E-state index contributed by atoms with van der Waals surface area (Å²) < 4.78 is 3.52. The van der Waals surface area contributed by atoms with Crippen molar-refractivity contribution >= 4 is 5.91 Å². The second-order valence-corrected chi connectivity index (χ2v) is 5.27. The van der Waals surface area contributed by atoms with Crippen LogP contribution in [0, 0.1) is 0 Å². The Bertz CT molecular complexity index is 628. The number of aryl methyl sites for hydroxylation is 1. The van der Waals surface area contributed by atoms with Gasteiger partial charge in [0.1, 0.15) is 5.82 Å². The maximum absolute atomic E-state index is 12.6. The summed E-state index contributed by atoms with van der Waals surface area (Å²) in [6.07, 6.45) is 7.34. The standard InChI is InChI=1S/C13H19N7O/c1-18-7-5-15-12(18)9-20(10-2-3-10)13(21)11-8-19(6-4-14)17-16-11/h5,7-8,10H,2-4,6,9,14H2,1H3. The van der Waals surface area contributed by atoms with E-state index in [1.165, 1.54) is 0 Å². The summed E-state index contributed by atoms with van der Waals surface area (Å²) >= 11 is 0. The molecule has 21 heavy (non-hydrogen) atoms. The lowest BCUT2D eigenvalue weighted by molar-refractivity contribution is 0.0718. The van der Waals surface area contributed by atoms with E-state index in [-0.39, 0.29) is 11.9 Å². The highest BCUT2D eigenvalue weighted by molar-refractivity contribution is 5.92. The van der Waals surface area contributed by atoms with Gasteiger partial charge < -0.3 is 15.2 Å². The first kappa shape index (κ1) is 13.7. The summed E-state index contributed by atoms with van der Waals surface area (Å²) in [5.74, 6) is 0.772. The van der Waals surface area contributed by atoms with Gasteiger partial charge >= 0.3 is 0 Å². The van der Waals surface area contributed by atoms with Gasteiger partial charge in [0.2, 0.25) is 0 Å². The molecular formula is C13H19N7O. The molecule has 1 aliphatic carbocycles. The fourth-order valence-electron chi connectivity index (χ4n) is 2.24. The van der Waals surface area contributed by atoms with Crippen LogP contribution in [0.2, 0.25) is 0 Å². The fourth-order valence-corrected chi connectivity index (χ4v) is 2.24. The lowest BCUT2D eigenvalue weighted by Crippen LogP contribution is -2.33. The van der Waals surface area contributed by atoms with E-state index in [9.17, 15) is 4.79 Å². The van der Waals surface area contributed by atoms with Crippen LogP contribution in [0.15, 0.2) is 18.6 Å². The monoisotopic (exact) mass is 289 g/mol. The van der Waals surface area contributed by atoms with Crippen molar-refractivity contribution in [1.82, 2.24) is 29.4 Å². The van der Waals surface area contributed by atoms with Crippen molar-refractivity contribution in [1.29, 1.82) is 0 Å². The minimum Gasteiger partial charge on any atom is -0.337 e. The Kier molecular flexibility index (Phi) is 3.70. The average Bonchev–Trinajstić information content (AvgIpc) is 3.07. The molecule has 2 aromatic rings. The Morgan fingerprint density at radius 1 is 1.52 bits per heavy atom. The smallest absolute Gasteiger partial charge is 0.276 e. The summed E-state index contributed by atoms with van der Waals surface area (Å²) in [7, 11) is 1.93. The van der Waals surface area contributed by atoms with Gasteiger partial charge in [0.05, 0.1) is 19.3 Å². The second kappa shape index (κ2) is 5.65. The van der Waals surface area contributed by atoms with Crippen LogP contribution < -0.4 is 5.73 Å². The van der Waals surface area contributed by atoms with E-state index in [0.29, 0.717) is 25.3 Å². The molecule has 2 N–H and O–H groups in total. The molecule has 2 heterocycles. The zero-order valence-corrected chi connectivity index (χ0v) is 12.0. The van der Waals surface area contributed by atoms with Crippen LogP contribution in [0.4, 0.5) is 0 Å². The third-order valence-electron chi connectivity index (χ3n) is 3.60. The molecule has 0 unspecified atom stereocenters. The minimum absolute atomic E-state index is 0.0937. The highest BCUT2D eigenvalue weighted by Gasteiger charge is 2.34. The molecule has 8 heteroatoms. The first-order chi connectivity index (χ1) is 10.2. The van der Waals surface area contributed by atoms with E-state index < -0.39 is 0 Å². The number of rotatable bonds is 6. The van der Waals surface area contributed by atoms with Crippen LogP contribution in [-0.4, -0.2) is 47.9 Å². The Morgan fingerprint density at radius 2 is 2.33 bits per heavy atom. The van der Waals surface area contributed by atoms with Crippen molar-refractivity contribution in [2.24, 2.45) is 12.8 Å². The number of hydrogen-bond acceptors (Lipinski definition) is 5. The third-order valence-corrected chi connectivity index (χ3v) is 3.60. The number of amides is 1. The molecule has 0 bridgehead atoms. The number of nitrogens with two attached hydrogens (primary N) is 1. The summed E-state index contributed by atoms with van der Waals surface area (Å²) in [6, 6.07) is 0.286. The zero-order valence-electron chi connectivity index (χ0n) is 12.0. The number of hydrogen-bond donors (Lipinski definition) is 1. The quantitative estimate of drug-likeness (QED) is 0.793. The summed E-state index contributed by atoms with van der Waals surface area (Å²) in [4.78, 5) is 18.7. The molecule has 3 rings (SSSR count). The van der Waals surface area contributed by atoms with E-state index in [2.05, 4.69) is 15.3 Å². The molecule has 0 atom stereocenters. The number of aromatic nitrogens is 5. The Morgan fingerprint density at radius 3 is 2.95 bits per heavy atom. The number of imidazole rings is 1. The van der Waals surface area contributed by atoms with E-state index >= 15 is 0 Å². The molecule has 112 valence electrons. The highest BCUT2D eigenvalue weighted by atomic mass is 16.2. The fraction of sp³-hybridized carbons (Fsp3) is 0.538. The molecule has 1 fully saturated rings. The Labute approximate surface area is 122 Å². The van der Waals surface area contributed by atoms with Crippen molar-refractivity contribution in [2.45, 2.75) is 32.0 Å². The van der Waals surface area contributed by atoms with Crippen LogP contribution >= 0.6 is 0 Å². The van der Waals surface area contributed by atoms with Crippen LogP contribution in [0.25, 0.3) is 0 Å². The number of carbonyl (C=O) groups is 1. The maximum Gasteiger partial charge on any atom is 0.276 e. The Hall–Kier alpha value is -2.22. The molecule has 0 spiro atoms. The molecule has 0 aliphatic heterocycles. The predicted molar refractivity (Wildman–Crippen MR) is 75.2 cm³/mol. The average molecular weight is 289 g/mol. The van der Waals surface area contributed by atoms with Crippen molar-refractivity contribution in [3.05, 3.63) is 30.1 Å². The molecule has 1 saturated carbocycles. The van der Waals surface area contributed by atoms with Gasteiger partial charge in [0, 0.05) is 32.0 Å². The van der Waals surface area contributed by atoms with Gasteiger partial charge in [-0.25, -0.2) is 4.98 Å². The van der Waals surface area contributed by atoms with Crippen LogP contribution in [0.5, 0.6) is 0 Å². The van der Waals surface area contributed by atoms with Gasteiger partial charge in [0.25, 0.3) is 5.91 Å². The van der Waals surface area contributed by atoms with Crippen molar-refractivity contribution in [2.75, 3.05) is 6.54 Å². The van der Waals surface area contributed by atoms with Gasteiger partial charge in [-0.3, -0.25) is 9.48 Å². The van der Waals surface area contributed by atoms with Crippen molar-refractivity contribution in [3.63, 3.8) is 0 Å². The molecule has 0 radical (unpaired) electrons. The molecular weight excluding hydrogens is 270 g/mol. The lowest BCUT2D eigenvalue weighted by Gasteiger charge is -2.20. The summed E-state index contributed by atoms with van der Waals surface area (Å²) in [5.41, 5.74) is 5.84. The van der Waals surface area contributed by atoms with Gasteiger partial charge in [-0.05, 0) is 12.8 Å². The SMILES string of the molecule is Cn1ccnc1CN(C(=O)c1cn(CCN)nn1)C1CC1. The largest absolute Gasteiger partial charge is 0.337 e. The van der Waals surface area contributed by atoms with Gasteiger partial charge in [0.15, 0.2) is 5.69 Å². The minimum atomic E-state index is -0.0937. The molecule has 1 aliphatic rings. The molecule has 0 saturated heterocycles. The van der Waals surface area contributed by atoms with Crippen LogP contribution in [0.3, 0.4) is 0 Å².